The van der Waals surface area contributed by atoms with Crippen molar-refractivity contribution in [3.8, 4) is 0 Å². The van der Waals surface area contributed by atoms with E-state index >= 15 is 0 Å². The summed E-state index contributed by atoms with van der Waals surface area (Å²) in [5.74, 6) is 1.28. The van der Waals surface area contributed by atoms with Crippen LogP contribution in [0.3, 0.4) is 0 Å². The van der Waals surface area contributed by atoms with Gasteiger partial charge in [0, 0.05) is 33.1 Å². The predicted octanol–water partition coefficient (Wildman–Crippen LogP) is 0.208. The topological polar surface area (TPSA) is 62.5 Å². The van der Waals surface area contributed by atoms with E-state index in [1.807, 2.05) is 0 Å². The van der Waals surface area contributed by atoms with Gasteiger partial charge in [-0.15, -0.1) is 0 Å². The van der Waals surface area contributed by atoms with Crippen LogP contribution in [0.2, 0.25) is 0 Å². The molecule has 0 unspecified atom stereocenters. The molecule has 6 nitrogen and oxygen atoms in total. The molecule has 0 aromatic carbocycles. The highest BCUT2D eigenvalue weighted by Crippen LogP contribution is 2.06. The lowest BCUT2D eigenvalue weighted by Gasteiger charge is -2.33. The molecule has 2 rings (SSSR count). The minimum Gasteiger partial charge on any atom is -0.340 e. The maximum atomic E-state index is 11.4. The summed E-state index contributed by atoms with van der Waals surface area (Å²) in [6.07, 6.45) is 1.36. The van der Waals surface area contributed by atoms with Crippen molar-refractivity contribution >= 4 is 5.91 Å². The fourth-order valence-corrected chi connectivity index (χ4v) is 1.86. The van der Waals surface area contributed by atoms with Crippen LogP contribution in [0.4, 0.5) is 0 Å². The van der Waals surface area contributed by atoms with Crippen LogP contribution >= 0.6 is 0 Å². The first-order valence-electron chi connectivity index (χ1n) is 5.62. The quantitative estimate of drug-likeness (QED) is 0.702. The van der Waals surface area contributed by atoms with Gasteiger partial charge >= 0.3 is 0 Å². The summed E-state index contributed by atoms with van der Waals surface area (Å²) in [7, 11) is 0. The summed E-state index contributed by atoms with van der Waals surface area (Å²) in [6, 6.07) is 0. The third-order valence-corrected chi connectivity index (χ3v) is 2.79. The number of rotatable bonds is 3. The molecule has 0 aliphatic carbocycles. The molecule has 17 heavy (non-hydrogen) atoms. The van der Waals surface area contributed by atoms with Gasteiger partial charge in [-0.25, -0.2) is 0 Å². The Morgan fingerprint density at radius 2 is 2.18 bits per heavy atom. The smallest absolute Gasteiger partial charge is 0.246 e. The van der Waals surface area contributed by atoms with Gasteiger partial charge in [-0.2, -0.15) is 4.98 Å². The van der Waals surface area contributed by atoms with Crippen molar-refractivity contribution in [3.05, 3.63) is 24.4 Å². The summed E-state index contributed by atoms with van der Waals surface area (Å²) < 4.78 is 4.92. The Hall–Kier alpha value is -1.69. The molecule has 0 atom stereocenters. The maximum absolute atomic E-state index is 11.4. The first-order chi connectivity index (χ1) is 8.19. The molecule has 1 aromatic heterocycles. The van der Waals surface area contributed by atoms with E-state index in [-0.39, 0.29) is 5.91 Å². The number of carbonyl (C=O) groups excluding carboxylic acids is 1. The highest BCUT2D eigenvalue weighted by molar-refractivity contribution is 5.87. The SMILES string of the molecule is C=CC(=O)N1CCN(Cc2noc(C)n2)CC1. The molecule has 1 fully saturated rings. The average molecular weight is 236 g/mol. The van der Waals surface area contributed by atoms with Gasteiger partial charge in [-0.1, -0.05) is 11.7 Å². The second kappa shape index (κ2) is 5.09. The third-order valence-electron chi connectivity index (χ3n) is 2.79. The highest BCUT2D eigenvalue weighted by Gasteiger charge is 2.20. The lowest BCUT2D eigenvalue weighted by molar-refractivity contribution is -0.127. The molecule has 0 saturated carbocycles. The Bertz CT molecular complexity index is 407. The van der Waals surface area contributed by atoms with Gasteiger partial charge in [0.1, 0.15) is 0 Å². The Morgan fingerprint density at radius 1 is 1.47 bits per heavy atom. The Kier molecular flexibility index (Phi) is 3.53. The van der Waals surface area contributed by atoms with Gasteiger partial charge < -0.3 is 9.42 Å². The van der Waals surface area contributed by atoms with Crippen LogP contribution in [0.15, 0.2) is 17.2 Å². The molecule has 1 amide bonds. The zero-order valence-corrected chi connectivity index (χ0v) is 9.93. The molecule has 2 heterocycles. The highest BCUT2D eigenvalue weighted by atomic mass is 16.5. The Morgan fingerprint density at radius 3 is 2.71 bits per heavy atom. The molecule has 0 N–H and O–H groups in total. The standard InChI is InChI=1S/C11H16N4O2/c1-3-11(16)15-6-4-14(5-7-15)8-10-12-9(2)17-13-10/h3H,1,4-8H2,2H3. The number of amides is 1. The number of hydrogen-bond acceptors (Lipinski definition) is 5. The molecule has 1 aliphatic heterocycles. The van der Waals surface area contributed by atoms with Crippen molar-refractivity contribution in [2.45, 2.75) is 13.5 Å². The second-order valence-electron chi connectivity index (χ2n) is 4.04. The zero-order chi connectivity index (χ0) is 12.3. The van der Waals surface area contributed by atoms with Crippen LogP contribution < -0.4 is 0 Å². The maximum Gasteiger partial charge on any atom is 0.246 e. The number of nitrogens with zero attached hydrogens (tertiary/aromatic N) is 4. The van der Waals surface area contributed by atoms with Crippen LogP contribution in [0, 0.1) is 6.92 Å². The van der Waals surface area contributed by atoms with Crippen LogP contribution in [0.25, 0.3) is 0 Å². The number of aromatic nitrogens is 2. The van der Waals surface area contributed by atoms with E-state index in [4.69, 9.17) is 4.52 Å². The van der Waals surface area contributed by atoms with Crippen molar-refractivity contribution in [2.75, 3.05) is 26.2 Å². The second-order valence-corrected chi connectivity index (χ2v) is 4.04. The van der Waals surface area contributed by atoms with E-state index < -0.39 is 0 Å². The Labute approximate surface area is 99.9 Å². The molecule has 0 radical (unpaired) electrons. The lowest BCUT2D eigenvalue weighted by atomic mass is 10.3. The fraction of sp³-hybridized carbons (Fsp3) is 0.545. The monoisotopic (exact) mass is 236 g/mol. The molecule has 1 aliphatic rings. The van der Waals surface area contributed by atoms with E-state index in [1.165, 1.54) is 6.08 Å². The van der Waals surface area contributed by atoms with Gasteiger partial charge in [-0.05, 0) is 6.08 Å². The average Bonchev–Trinajstić information content (AvgIpc) is 2.75. The summed E-state index contributed by atoms with van der Waals surface area (Å²) >= 11 is 0. The largest absolute Gasteiger partial charge is 0.340 e. The van der Waals surface area contributed by atoms with E-state index in [9.17, 15) is 4.79 Å². The van der Waals surface area contributed by atoms with Crippen molar-refractivity contribution < 1.29 is 9.32 Å². The van der Waals surface area contributed by atoms with Crippen molar-refractivity contribution in [3.63, 3.8) is 0 Å². The van der Waals surface area contributed by atoms with Gasteiger partial charge in [-0.3, -0.25) is 9.69 Å². The lowest BCUT2D eigenvalue weighted by Crippen LogP contribution is -2.47. The zero-order valence-electron chi connectivity index (χ0n) is 9.93. The van der Waals surface area contributed by atoms with E-state index in [1.54, 1.807) is 11.8 Å². The van der Waals surface area contributed by atoms with Gasteiger partial charge in [0.05, 0.1) is 6.54 Å². The molecule has 92 valence electrons. The third kappa shape index (κ3) is 2.91. The van der Waals surface area contributed by atoms with Gasteiger partial charge in [0.25, 0.3) is 0 Å². The van der Waals surface area contributed by atoms with Gasteiger partial charge in [0.2, 0.25) is 11.8 Å². The minimum absolute atomic E-state index is 0.0000514. The summed E-state index contributed by atoms with van der Waals surface area (Å²) in [5, 5.41) is 3.86. The van der Waals surface area contributed by atoms with Crippen molar-refractivity contribution in [1.82, 2.24) is 19.9 Å². The number of aryl methyl sites for hydroxylation is 1. The predicted molar refractivity (Wildman–Crippen MR) is 61.1 cm³/mol. The fourth-order valence-electron chi connectivity index (χ4n) is 1.86. The van der Waals surface area contributed by atoms with Gasteiger partial charge in [0.15, 0.2) is 5.82 Å². The molecule has 1 saturated heterocycles. The van der Waals surface area contributed by atoms with Crippen LogP contribution in [-0.4, -0.2) is 52.0 Å². The van der Waals surface area contributed by atoms with Crippen molar-refractivity contribution in [2.24, 2.45) is 0 Å². The Balaban J connectivity index is 1.83. The van der Waals surface area contributed by atoms with E-state index in [0.29, 0.717) is 18.3 Å². The first-order valence-corrected chi connectivity index (χ1v) is 5.62. The molecule has 0 spiro atoms. The molecular formula is C11H16N4O2. The summed E-state index contributed by atoms with van der Waals surface area (Å²) in [5.41, 5.74) is 0. The molecule has 6 heteroatoms. The molecule has 0 bridgehead atoms. The van der Waals surface area contributed by atoms with E-state index in [0.717, 1.165) is 26.2 Å². The molecule has 1 aromatic rings. The van der Waals surface area contributed by atoms with Crippen LogP contribution in [-0.2, 0) is 11.3 Å². The number of hydrogen-bond donors (Lipinski definition) is 0. The first kappa shape index (κ1) is 11.8. The summed E-state index contributed by atoms with van der Waals surface area (Å²) in [4.78, 5) is 19.5. The number of carbonyl (C=O) groups is 1. The minimum atomic E-state index is 0.0000514. The summed E-state index contributed by atoms with van der Waals surface area (Å²) in [6.45, 7) is 9.04. The normalized spacial score (nSPS) is 17.1. The van der Waals surface area contributed by atoms with Crippen LogP contribution in [0.5, 0.6) is 0 Å². The number of piperazine rings is 1. The molecular weight excluding hydrogens is 220 g/mol. The van der Waals surface area contributed by atoms with Crippen LogP contribution in [0.1, 0.15) is 11.7 Å². The van der Waals surface area contributed by atoms with Crippen molar-refractivity contribution in [1.29, 1.82) is 0 Å². The van der Waals surface area contributed by atoms with E-state index in [2.05, 4.69) is 21.6 Å².